The number of non-ortho nitro benzene ring substituents is 1. The summed E-state index contributed by atoms with van der Waals surface area (Å²) < 4.78 is 0. The zero-order valence-corrected chi connectivity index (χ0v) is 9.11. The van der Waals surface area contributed by atoms with Crippen molar-refractivity contribution >= 4 is 28.9 Å². The van der Waals surface area contributed by atoms with Gasteiger partial charge in [-0.2, -0.15) is 0 Å². The highest BCUT2D eigenvalue weighted by Gasteiger charge is 2.25. The highest BCUT2D eigenvalue weighted by Crippen LogP contribution is 2.31. The maximum Gasteiger partial charge on any atom is 0.271 e. The van der Waals surface area contributed by atoms with Crippen LogP contribution < -0.4 is 4.90 Å². The van der Waals surface area contributed by atoms with E-state index in [2.05, 4.69) is 0 Å². The van der Waals surface area contributed by atoms with E-state index in [1.165, 1.54) is 17.0 Å². The molecule has 0 spiro atoms. The molecule has 0 bridgehead atoms. The number of fused-ring (bicyclic) bond motifs is 1. The van der Waals surface area contributed by atoms with Gasteiger partial charge in [-0.1, -0.05) is 6.07 Å². The van der Waals surface area contributed by atoms with Crippen LogP contribution in [0.15, 0.2) is 18.2 Å². The van der Waals surface area contributed by atoms with Gasteiger partial charge < -0.3 is 4.90 Å². The number of anilines is 1. The fourth-order valence-electron chi connectivity index (χ4n) is 1.81. The van der Waals surface area contributed by atoms with Crippen LogP contribution in [0.3, 0.4) is 0 Å². The van der Waals surface area contributed by atoms with Crippen molar-refractivity contribution < 1.29 is 9.72 Å². The second-order valence-corrected chi connectivity index (χ2v) is 3.77. The number of halogens is 1. The molecule has 16 heavy (non-hydrogen) atoms. The molecule has 1 aliphatic rings. The standard InChI is InChI=1S/C10H9ClN2O3/c11-6-10(14)12-4-3-7-1-2-8(13(15)16)5-9(7)12/h1-2,5H,3-4,6H2. The predicted octanol–water partition coefficient (Wildman–Crippen LogP) is 1.72. The van der Waals surface area contributed by atoms with Gasteiger partial charge in [-0.15, -0.1) is 11.6 Å². The molecule has 1 amide bonds. The number of nitro groups is 1. The van der Waals surface area contributed by atoms with Crippen LogP contribution in [0, 0.1) is 10.1 Å². The molecule has 0 fully saturated rings. The first kappa shape index (κ1) is 10.9. The van der Waals surface area contributed by atoms with Gasteiger partial charge in [0.25, 0.3) is 5.69 Å². The SMILES string of the molecule is O=C(CCl)N1CCc2ccc([N+](=O)[O-])cc21. The fourth-order valence-corrected chi connectivity index (χ4v) is 1.96. The van der Waals surface area contributed by atoms with Crippen LogP contribution in [-0.4, -0.2) is 23.3 Å². The zero-order valence-electron chi connectivity index (χ0n) is 8.35. The average molecular weight is 241 g/mol. The Hall–Kier alpha value is -1.62. The Balaban J connectivity index is 2.40. The highest BCUT2D eigenvalue weighted by atomic mass is 35.5. The van der Waals surface area contributed by atoms with Crippen molar-refractivity contribution in [2.75, 3.05) is 17.3 Å². The molecule has 0 saturated heterocycles. The lowest BCUT2D eigenvalue weighted by atomic mass is 10.1. The molecule has 1 aromatic rings. The molecule has 2 rings (SSSR count). The maximum absolute atomic E-state index is 11.5. The molecule has 5 nitrogen and oxygen atoms in total. The largest absolute Gasteiger partial charge is 0.311 e. The molecule has 0 radical (unpaired) electrons. The molecule has 0 unspecified atom stereocenters. The molecular weight excluding hydrogens is 232 g/mol. The number of nitrogens with zero attached hydrogens (tertiary/aromatic N) is 2. The number of alkyl halides is 1. The fraction of sp³-hybridized carbons (Fsp3) is 0.300. The number of rotatable bonds is 2. The smallest absolute Gasteiger partial charge is 0.271 e. The van der Waals surface area contributed by atoms with E-state index >= 15 is 0 Å². The van der Waals surface area contributed by atoms with Crippen LogP contribution in [0.1, 0.15) is 5.56 Å². The number of nitro benzene ring substituents is 1. The maximum atomic E-state index is 11.5. The van der Waals surface area contributed by atoms with Crippen molar-refractivity contribution in [2.24, 2.45) is 0 Å². The minimum atomic E-state index is -0.470. The van der Waals surface area contributed by atoms with Gasteiger partial charge in [0.15, 0.2) is 0 Å². The molecule has 0 atom stereocenters. The van der Waals surface area contributed by atoms with Crippen LogP contribution in [0.25, 0.3) is 0 Å². The van der Waals surface area contributed by atoms with Crippen LogP contribution in [-0.2, 0) is 11.2 Å². The Morgan fingerprint density at radius 2 is 2.31 bits per heavy atom. The van der Waals surface area contributed by atoms with E-state index in [0.29, 0.717) is 12.2 Å². The van der Waals surface area contributed by atoms with Crippen LogP contribution >= 0.6 is 11.6 Å². The third-order valence-corrected chi connectivity index (χ3v) is 2.82. The van der Waals surface area contributed by atoms with E-state index in [-0.39, 0.29) is 17.5 Å². The second-order valence-electron chi connectivity index (χ2n) is 3.50. The summed E-state index contributed by atoms with van der Waals surface area (Å²) in [7, 11) is 0. The summed E-state index contributed by atoms with van der Waals surface area (Å²) in [6, 6.07) is 4.56. The Morgan fingerprint density at radius 3 is 2.94 bits per heavy atom. The lowest BCUT2D eigenvalue weighted by Crippen LogP contribution is -2.29. The summed E-state index contributed by atoms with van der Waals surface area (Å²) in [5.74, 6) is -0.330. The number of benzene rings is 1. The summed E-state index contributed by atoms with van der Waals surface area (Å²) in [6.45, 7) is 0.544. The molecule has 0 N–H and O–H groups in total. The van der Waals surface area contributed by atoms with E-state index < -0.39 is 4.92 Å². The van der Waals surface area contributed by atoms with Gasteiger partial charge in [-0.3, -0.25) is 14.9 Å². The zero-order chi connectivity index (χ0) is 11.7. The topological polar surface area (TPSA) is 63.5 Å². The van der Waals surface area contributed by atoms with E-state index in [0.717, 1.165) is 12.0 Å². The number of amides is 1. The Bertz CT molecular complexity index is 461. The molecule has 1 heterocycles. The lowest BCUT2D eigenvalue weighted by molar-refractivity contribution is -0.384. The van der Waals surface area contributed by atoms with Gasteiger partial charge in [0, 0.05) is 18.7 Å². The molecule has 1 aliphatic heterocycles. The van der Waals surface area contributed by atoms with E-state index in [1.54, 1.807) is 6.07 Å². The lowest BCUT2D eigenvalue weighted by Gasteiger charge is -2.15. The van der Waals surface area contributed by atoms with Crippen molar-refractivity contribution in [3.05, 3.63) is 33.9 Å². The average Bonchev–Trinajstić information content (AvgIpc) is 2.70. The summed E-state index contributed by atoms with van der Waals surface area (Å²) in [4.78, 5) is 23.1. The number of carbonyl (C=O) groups is 1. The van der Waals surface area contributed by atoms with Crippen molar-refractivity contribution in [1.29, 1.82) is 0 Å². The van der Waals surface area contributed by atoms with Crippen LogP contribution in [0.4, 0.5) is 11.4 Å². The molecular formula is C10H9ClN2O3. The third kappa shape index (κ3) is 1.74. The van der Waals surface area contributed by atoms with Gasteiger partial charge in [0.05, 0.1) is 10.6 Å². The van der Waals surface area contributed by atoms with Crippen molar-refractivity contribution in [3.63, 3.8) is 0 Å². The van der Waals surface area contributed by atoms with Gasteiger partial charge in [0.2, 0.25) is 5.91 Å². The molecule has 0 saturated carbocycles. The van der Waals surface area contributed by atoms with Gasteiger partial charge in [-0.25, -0.2) is 0 Å². The molecule has 1 aromatic carbocycles. The van der Waals surface area contributed by atoms with Crippen molar-refractivity contribution in [3.8, 4) is 0 Å². The van der Waals surface area contributed by atoms with Gasteiger partial charge in [0.1, 0.15) is 5.88 Å². The summed E-state index contributed by atoms with van der Waals surface area (Å²) in [5, 5.41) is 10.6. The monoisotopic (exact) mass is 240 g/mol. The first-order valence-corrected chi connectivity index (χ1v) is 5.30. The first-order valence-electron chi connectivity index (χ1n) is 4.77. The number of carbonyl (C=O) groups excluding carboxylic acids is 1. The van der Waals surface area contributed by atoms with Crippen LogP contribution in [0.2, 0.25) is 0 Å². The second kappa shape index (κ2) is 4.09. The molecule has 6 heteroatoms. The molecule has 0 aromatic heterocycles. The number of hydrogen-bond acceptors (Lipinski definition) is 3. The predicted molar refractivity (Wildman–Crippen MR) is 59.9 cm³/mol. The third-order valence-electron chi connectivity index (χ3n) is 2.59. The first-order chi connectivity index (χ1) is 7.63. The van der Waals surface area contributed by atoms with Crippen molar-refractivity contribution in [2.45, 2.75) is 6.42 Å². The Labute approximate surface area is 96.8 Å². The minimum absolute atomic E-state index is 0.00646. The summed E-state index contributed by atoms with van der Waals surface area (Å²) in [6.07, 6.45) is 0.718. The van der Waals surface area contributed by atoms with Crippen LogP contribution in [0.5, 0.6) is 0 Å². The normalized spacial score (nSPS) is 13.7. The van der Waals surface area contributed by atoms with Gasteiger partial charge in [-0.05, 0) is 12.0 Å². The van der Waals surface area contributed by atoms with E-state index in [4.69, 9.17) is 11.6 Å². The minimum Gasteiger partial charge on any atom is -0.311 e. The quantitative estimate of drug-likeness (QED) is 0.449. The summed E-state index contributed by atoms with van der Waals surface area (Å²) >= 11 is 5.48. The van der Waals surface area contributed by atoms with Gasteiger partial charge >= 0.3 is 0 Å². The Kier molecular flexibility index (Phi) is 2.78. The number of hydrogen-bond donors (Lipinski definition) is 0. The molecule has 84 valence electrons. The highest BCUT2D eigenvalue weighted by molar-refractivity contribution is 6.29. The Morgan fingerprint density at radius 1 is 1.56 bits per heavy atom. The summed E-state index contributed by atoms with van der Waals surface area (Å²) in [5.41, 5.74) is 1.55. The molecule has 0 aliphatic carbocycles. The van der Waals surface area contributed by atoms with Crippen molar-refractivity contribution in [1.82, 2.24) is 0 Å². The van der Waals surface area contributed by atoms with E-state index in [1.807, 2.05) is 0 Å². The van der Waals surface area contributed by atoms with E-state index in [9.17, 15) is 14.9 Å².